The van der Waals surface area contributed by atoms with Crippen LogP contribution in [0.2, 0.25) is 0 Å². The van der Waals surface area contributed by atoms with Crippen LogP contribution in [0.1, 0.15) is 69.1 Å². The molecular formula is C34H36N4O6. The van der Waals surface area contributed by atoms with Gasteiger partial charge in [0, 0.05) is 31.0 Å². The number of nitrogens with zero attached hydrogens (tertiary/aromatic N) is 3. The standard InChI is InChI=1S/C34H36N4O6/c1-21-6-8-22(9-7-21)14-15-35-33(40)24-11-12-26(27(18-24)38(41)42)37-28-19-34(2,3)20-29(39)32(28)25(36-37)16-23-10-13-30(43-4)31(17-23)44-5/h6-13,17-18H,14-16,19-20H2,1-5H3,(H,35,40). The lowest BCUT2D eigenvalue weighted by Gasteiger charge is -2.29. The van der Waals surface area contributed by atoms with E-state index in [1.54, 1.807) is 26.4 Å². The zero-order chi connectivity index (χ0) is 31.6. The number of nitrogens with one attached hydrogen (secondary N) is 1. The molecule has 0 unspecified atom stereocenters. The Morgan fingerprint density at radius 2 is 1.70 bits per heavy atom. The third-order valence-electron chi connectivity index (χ3n) is 7.92. The molecule has 0 spiro atoms. The van der Waals surface area contributed by atoms with Crippen LogP contribution in [0.3, 0.4) is 0 Å². The molecule has 1 aliphatic rings. The zero-order valence-corrected chi connectivity index (χ0v) is 25.6. The largest absolute Gasteiger partial charge is 0.493 e. The number of methoxy groups -OCH3 is 2. The normalized spacial score (nSPS) is 13.7. The van der Waals surface area contributed by atoms with E-state index in [0.717, 1.165) is 16.7 Å². The summed E-state index contributed by atoms with van der Waals surface area (Å²) < 4.78 is 12.3. The molecule has 10 heteroatoms. The first-order valence-corrected chi connectivity index (χ1v) is 14.5. The average Bonchev–Trinajstić information content (AvgIpc) is 3.34. The SMILES string of the molecule is COc1ccc(Cc2nn(-c3ccc(C(=O)NCCc4ccc(C)cc4)cc3[N+](=O)[O-])c3c2C(=O)CC(C)(C)C3)cc1OC. The number of ether oxygens (including phenoxy) is 2. The van der Waals surface area contributed by atoms with Crippen LogP contribution >= 0.6 is 0 Å². The molecule has 5 rings (SSSR count). The molecule has 1 N–H and O–H groups in total. The number of nitro groups is 1. The van der Waals surface area contributed by atoms with E-state index < -0.39 is 10.8 Å². The highest BCUT2D eigenvalue weighted by Gasteiger charge is 2.37. The quantitative estimate of drug-likeness (QED) is 0.180. The van der Waals surface area contributed by atoms with E-state index in [4.69, 9.17) is 14.6 Å². The lowest BCUT2D eigenvalue weighted by atomic mass is 9.75. The van der Waals surface area contributed by atoms with Crippen molar-refractivity contribution >= 4 is 17.4 Å². The van der Waals surface area contributed by atoms with Gasteiger partial charge in [0.15, 0.2) is 17.3 Å². The van der Waals surface area contributed by atoms with Crippen molar-refractivity contribution in [1.82, 2.24) is 15.1 Å². The lowest BCUT2D eigenvalue weighted by Crippen LogP contribution is -2.28. The minimum absolute atomic E-state index is 0.0507. The molecule has 0 saturated heterocycles. The van der Waals surface area contributed by atoms with E-state index in [2.05, 4.69) is 5.32 Å². The molecule has 1 aromatic heterocycles. The summed E-state index contributed by atoms with van der Waals surface area (Å²) in [7, 11) is 3.11. The molecule has 0 atom stereocenters. The number of ketones is 1. The Morgan fingerprint density at radius 3 is 2.39 bits per heavy atom. The van der Waals surface area contributed by atoms with Crippen LogP contribution in [0.5, 0.6) is 11.5 Å². The minimum atomic E-state index is -0.518. The number of aryl methyl sites for hydroxylation is 1. The number of benzene rings is 3. The molecule has 0 radical (unpaired) electrons. The fourth-order valence-electron chi connectivity index (χ4n) is 5.70. The van der Waals surface area contributed by atoms with Crippen molar-refractivity contribution in [1.29, 1.82) is 0 Å². The molecule has 3 aromatic carbocycles. The minimum Gasteiger partial charge on any atom is -0.493 e. The molecule has 1 heterocycles. The van der Waals surface area contributed by atoms with Gasteiger partial charge in [-0.25, -0.2) is 4.68 Å². The molecule has 44 heavy (non-hydrogen) atoms. The van der Waals surface area contributed by atoms with Crippen molar-refractivity contribution in [3.05, 3.63) is 110 Å². The topological polar surface area (TPSA) is 126 Å². The highest BCUT2D eigenvalue weighted by molar-refractivity contribution is 6.00. The number of hydrogen-bond acceptors (Lipinski definition) is 7. The molecule has 0 aliphatic heterocycles. The highest BCUT2D eigenvalue weighted by Crippen LogP contribution is 2.39. The number of carbonyl (C=O) groups is 2. The summed E-state index contributed by atoms with van der Waals surface area (Å²) in [5.41, 5.74) is 4.49. The average molecular weight is 597 g/mol. The number of fused-ring (bicyclic) bond motifs is 1. The van der Waals surface area contributed by atoms with E-state index in [-0.39, 0.29) is 28.1 Å². The fraction of sp³-hybridized carbons (Fsp3) is 0.324. The van der Waals surface area contributed by atoms with Crippen LogP contribution in [-0.4, -0.2) is 47.2 Å². The number of Topliss-reactive ketones (excluding diaryl/α,β-unsaturated/α-hetero) is 1. The molecular weight excluding hydrogens is 560 g/mol. The Hall–Kier alpha value is -4.99. The van der Waals surface area contributed by atoms with Gasteiger partial charge in [-0.05, 0) is 60.6 Å². The second-order valence-electron chi connectivity index (χ2n) is 11.9. The number of amides is 1. The smallest absolute Gasteiger partial charge is 0.295 e. The van der Waals surface area contributed by atoms with Gasteiger partial charge in [0.05, 0.1) is 36.1 Å². The first-order valence-electron chi connectivity index (χ1n) is 14.5. The second-order valence-corrected chi connectivity index (χ2v) is 11.9. The van der Waals surface area contributed by atoms with E-state index >= 15 is 0 Å². The Morgan fingerprint density at radius 1 is 1.00 bits per heavy atom. The van der Waals surface area contributed by atoms with Crippen molar-refractivity contribution in [2.45, 2.75) is 46.5 Å². The molecule has 0 saturated carbocycles. The maximum absolute atomic E-state index is 13.5. The maximum Gasteiger partial charge on any atom is 0.295 e. The number of nitro benzene ring substituents is 1. The lowest BCUT2D eigenvalue weighted by molar-refractivity contribution is -0.384. The second kappa shape index (κ2) is 12.3. The first-order chi connectivity index (χ1) is 21.0. The van der Waals surface area contributed by atoms with Gasteiger partial charge in [0.2, 0.25) is 0 Å². The molecule has 228 valence electrons. The van der Waals surface area contributed by atoms with E-state index in [1.165, 1.54) is 16.8 Å². The molecule has 1 amide bonds. The van der Waals surface area contributed by atoms with Crippen molar-refractivity contribution in [3.63, 3.8) is 0 Å². The van der Waals surface area contributed by atoms with Crippen molar-refractivity contribution in [3.8, 4) is 17.2 Å². The van der Waals surface area contributed by atoms with Crippen LogP contribution in [0.4, 0.5) is 5.69 Å². The number of carbonyl (C=O) groups excluding carboxylic acids is 2. The van der Waals surface area contributed by atoms with Gasteiger partial charge in [0.25, 0.3) is 11.6 Å². The van der Waals surface area contributed by atoms with Gasteiger partial charge < -0.3 is 14.8 Å². The monoisotopic (exact) mass is 596 g/mol. The van der Waals surface area contributed by atoms with Crippen LogP contribution in [-0.2, 0) is 19.3 Å². The van der Waals surface area contributed by atoms with Gasteiger partial charge in [-0.3, -0.25) is 19.7 Å². The number of aromatic nitrogens is 2. The molecule has 10 nitrogen and oxygen atoms in total. The molecule has 0 bridgehead atoms. The highest BCUT2D eigenvalue weighted by atomic mass is 16.6. The summed E-state index contributed by atoms with van der Waals surface area (Å²) >= 11 is 0. The number of rotatable bonds is 10. The summed E-state index contributed by atoms with van der Waals surface area (Å²) in [6.07, 6.45) is 1.80. The third kappa shape index (κ3) is 6.34. The zero-order valence-electron chi connectivity index (χ0n) is 25.6. The maximum atomic E-state index is 13.5. The van der Waals surface area contributed by atoms with Crippen molar-refractivity contribution in [2.75, 3.05) is 20.8 Å². The van der Waals surface area contributed by atoms with Crippen LogP contribution in [0.15, 0.2) is 60.7 Å². The summed E-state index contributed by atoms with van der Waals surface area (Å²) in [4.78, 5) is 38.2. The third-order valence-corrected chi connectivity index (χ3v) is 7.92. The van der Waals surface area contributed by atoms with Gasteiger partial charge in [-0.1, -0.05) is 49.7 Å². The van der Waals surface area contributed by atoms with E-state index in [9.17, 15) is 19.7 Å². The molecule has 0 fully saturated rings. The Kier molecular flexibility index (Phi) is 8.53. The predicted octanol–water partition coefficient (Wildman–Crippen LogP) is 5.82. The van der Waals surface area contributed by atoms with Gasteiger partial charge >= 0.3 is 0 Å². The number of hydrogen-bond donors (Lipinski definition) is 1. The van der Waals surface area contributed by atoms with E-state index in [1.807, 2.05) is 57.2 Å². The molecule has 1 aliphatic carbocycles. The first kappa shape index (κ1) is 30.5. The summed E-state index contributed by atoms with van der Waals surface area (Å²) in [6.45, 7) is 6.40. The van der Waals surface area contributed by atoms with Gasteiger partial charge in [-0.2, -0.15) is 5.10 Å². The van der Waals surface area contributed by atoms with Gasteiger partial charge in [0.1, 0.15) is 5.69 Å². The fourth-order valence-corrected chi connectivity index (χ4v) is 5.70. The Bertz CT molecular complexity index is 1740. The molecule has 4 aromatic rings. The summed E-state index contributed by atoms with van der Waals surface area (Å²) in [5.74, 6) is 0.676. The Balaban J connectivity index is 1.49. The predicted molar refractivity (Wildman–Crippen MR) is 166 cm³/mol. The Labute approximate surface area is 256 Å². The van der Waals surface area contributed by atoms with Crippen molar-refractivity contribution < 1.29 is 24.0 Å². The van der Waals surface area contributed by atoms with Gasteiger partial charge in [-0.15, -0.1) is 0 Å². The van der Waals surface area contributed by atoms with Crippen LogP contribution < -0.4 is 14.8 Å². The van der Waals surface area contributed by atoms with Crippen LogP contribution in [0, 0.1) is 22.5 Å². The summed E-state index contributed by atoms with van der Waals surface area (Å²) in [5, 5.41) is 20.0. The summed E-state index contributed by atoms with van der Waals surface area (Å²) in [6, 6.07) is 17.9. The van der Waals surface area contributed by atoms with Crippen LogP contribution in [0.25, 0.3) is 5.69 Å². The van der Waals surface area contributed by atoms with E-state index in [0.29, 0.717) is 60.7 Å². The van der Waals surface area contributed by atoms with Crippen molar-refractivity contribution in [2.24, 2.45) is 5.41 Å².